The lowest BCUT2D eigenvalue weighted by Crippen LogP contribution is -2.45. The molecule has 6 nitrogen and oxygen atoms in total. The number of hydrogen-bond donors (Lipinski definition) is 1. The highest BCUT2D eigenvalue weighted by Gasteiger charge is 2.41. The largest absolute Gasteiger partial charge is 0.354 e. The molecule has 1 aliphatic carbocycles. The maximum Gasteiger partial charge on any atom is 0.234 e. The molecule has 2 aliphatic rings. The monoisotopic (exact) mass is 471 g/mol. The van der Waals surface area contributed by atoms with E-state index >= 15 is 0 Å². The first-order chi connectivity index (χ1) is 14.3. The number of benzene rings is 1. The molecule has 0 atom stereocenters. The predicted octanol–water partition coefficient (Wildman–Crippen LogP) is 4.65. The fraction of sp³-hybridized carbons (Fsp3) is 0.522. The van der Waals surface area contributed by atoms with E-state index in [-0.39, 0.29) is 5.91 Å². The standard InChI is InChI=1S/C23H30BrN5O/c1-23(2)15-29(18-6-4-5-7-18)20-19(28(3)21(23)30)14-26-22(27-20)25-13-12-16-8-10-17(24)11-9-16/h8-11,14,18H,4-7,12-13,15H2,1-3H3,(H,25,26,27). The fourth-order valence-electron chi connectivity index (χ4n) is 4.52. The molecule has 0 unspecified atom stereocenters. The molecule has 1 amide bonds. The number of aromatic nitrogens is 2. The van der Waals surface area contributed by atoms with E-state index < -0.39 is 5.41 Å². The molecule has 0 saturated heterocycles. The van der Waals surface area contributed by atoms with Crippen molar-refractivity contribution < 1.29 is 4.79 Å². The highest BCUT2D eigenvalue weighted by atomic mass is 79.9. The van der Waals surface area contributed by atoms with Gasteiger partial charge in [-0.2, -0.15) is 4.98 Å². The van der Waals surface area contributed by atoms with Crippen LogP contribution in [0.15, 0.2) is 34.9 Å². The van der Waals surface area contributed by atoms with Gasteiger partial charge in [0, 0.05) is 30.7 Å². The number of halogens is 1. The van der Waals surface area contributed by atoms with Gasteiger partial charge < -0.3 is 15.1 Å². The van der Waals surface area contributed by atoms with E-state index in [0.29, 0.717) is 18.5 Å². The van der Waals surface area contributed by atoms with Crippen LogP contribution in [0.25, 0.3) is 0 Å². The van der Waals surface area contributed by atoms with Crippen LogP contribution in [-0.4, -0.2) is 42.1 Å². The normalized spacial score (nSPS) is 19.0. The van der Waals surface area contributed by atoms with E-state index in [4.69, 9.17) is 4.98 Å². The van der Waals surface area contributed by atoms with Gasteiger partial charge in [-0.15, -0.1) is 0 Å². The molecule has 0 bridgehead atoms. The van der Waals surface area contributed by atoms with Crippen molar-refractivity contribution in [2.24, 2.45) is 5.41 Å². The van der Waals surface area contributed by atoms with Crippen LogP contribution in [0.4, 0.5) is 17.5 Å². The topological polar surface area (TPSA) is 61.4 Å². The number of nitrogens with zero attached hydrogens (tertiary/aromatic N) is 4. The van der Waals surface area contributed by atoms with Crippen LogP contribution in [0.5, 0.6) is 0 Å². The summed E-state index contributed by atoms with van der Waals surface area (Å²) in [6.07, 6.45) is 7.48. The maximum absolute atomic E-state index is 13.1. The van der Waals surface area contributed by atoms with Crippen molar-refractivity contribution in [3.63, 3.8) is 0 Å². The third kappa shape index (κ3) is 4.31. The van der Waals surface area contributed by atoms with Gasteiger partial charge in [-0.05, 0) is 50.8 Å². The van der Waals surface area contributed by atoms with Gasteiger partial charge in [0.15, 0.2) is 5.82 Å². The molecule has 2 heterocycles. The second-order valence-corrected chi connectivity index (χ2v) is 9.94. The predicted molar refractivity (Wildman–Crippen MR) is 125 cm³/mol. The van der Waals surface area contributed by atoms with Gasteiger partial charge in [-0.1, -0.05) is 40.9 Å². The quantitative estimate of drug-likeness (QED) is 0.687. The third-order valence-corrected chi connectivity index (χ3v) is 6.74. The molecule has 2 aromatic rings. The van der Waals surface area contributed by atoms with E-state index in [1.807, 2.05) is 20.9 Å². The molecule has 7 heteroatoms. The lowest BCUT2D eigenvalue weighted by Gasteiger charge is -2.34. The Morgan fingerprint density at radius 1 is 1.20 bits per heavy atom. The average Bonchev–Trinajstić information content (AvgIpc) is 3.25. The van der Waals surface area contributed by atoms with Crippen molar-refractivity contribution in [3.05, 3.63) is 40.5 Å². The van der Waals surface area contributed by atoms with Gasteiger partial charge in [0.1, 0.15) is 5.69 Å². The Morgan fingerprint density at radius 3 is 2.60 bits per heavy atom. The van der Waals surface area contributed by atoms with Gasteiger partial charge in [-0.25, -0.2) is 4.98 Å². The van der Waals surface area contributed by atoms with Gasteiger partial charge in [0.2, 0.25) is 11.9 Å². The molecule has 0 spiro atoms. The second kappa shape index (κ2) is 8.53. The van der Waals surface area contributed by atoms with Crippen LogP contribution in [0, 0.1) is 5.41 Å². The summed E-state index contributed by atoms with van der Waals surface area (Å²) in [5, 5.41) is 3.37. The zero-order chi connectivity index (χ0) is 21.3. The van der Waals surface area contributed by atoms with Crippen molar-refractivity contribution in [2.45, 2.75) is 52.0 Å². The van der Waals surface area contributed by atoms with E-state index in [1.54, 1.807) is 11.1 Å². The summed E-state index contributed by atoms with van der Waals surface area (Å²) in [5.41, 5.74) is 1.60. The van der Waals surface area contributed by atoms with Crippen LogP contribution < -0.4 is 15.1 Å². The molecule has 1 N–H and O–H groups in total. The number of carbonyl (C=O) groups is 1. The Balaban J connectivity index is 1.57. The van der Waals surface area contributed by atoms with Crippen LogP contribution in [0.2, 0.25) is 0 Å². The Labute approximate surface area is 187 Å². The van der Waals surface area contributed by atoms with Crippen LogP contribution in [0.1, 0.15) is 45.1 Å². The van der Waals surface area contributed by atoms with Gasteiger partial charge in [0.05, 0.1) is 11.6 Å². The molecule has 1 aromatic carbocycles. The highest BCUT2D eigenvalue weighted by Crippen LogP contribution is 2.40. The molecular formula is C23H30BrN5O. The lowest BCUT2D eigenvalue weighted by molar-refractivity contribution is -0.125. The number of carbonyl (C=O) groups excluding carboxylic acids is 1. The number of fused-ring (bicyclic) bond motifs is 1. The fourth-order valence-corrected chi connectivity index (χ4v) is 4.78. The zero-order valence-corrected chi connectivity index (χ0v) is 19.6. The number of amides is 1. The van der Waals surface area contributed by atoms with Gasteiger partial charge in [-0.3, -0.25) is 4.79 Å². The Kier molecular flexibility index (Phi) is 6.00. The zero-order valence-electron chi connectivity index (χ0n) is 18.0. The molecule has 160 valence electrons. The molecular weight excluding hydrogens is 442 g/mol. The summed E-state index contributed by atoms with van der Waals surface area (Å²) >= 11 is 3.47. The third-order valence-electron chi connectivity index (χ3n) is 6.21. The number of rotatable bonds is 5. The Hall–Kier alpha value is -2.15. The van der Waals surface area contributed by atoms with Gasteiger partial charge >= 0.3 is 0 Å². The molecule has 1 saturated carbocycles. The van der Waals surface area contributed by atoms with Crippen molar-refractivity contribution in [3.8, 4) is 0 Å². The highest BCUT2D eigenvalue weighted by molar-refractivity contribution is 9.10. The molecule has 1 aliphatic heterocycles. The van der Waals surface area contributed by atoms with E-state index in [0.717, 1.165) is 41.8 Å². The van der Waals surface area contributed by atoms with E-state index in [2.05, 4.69) is 55.4 Å². The summed E-state index contributed by atoms with van der Waals surface area (Å²) in [6.45, 7) is 5.50. The van der Waals surface area contributed by atoms with Crippen molar-refractivity contribution >= 4 is 39.3 Å². The lowest BCUT2D eigenvalue weighted by atomic mass is 9.91. The summed E-state index contributed by atoms with van der Waals surface area (Å²) in [5.74, 6) is 1.61. The first-order valence-electron chi connectivity index (χ1n) is 10.8. The number of hydrogen-bond acceptors (Lipinski definition) is 5. The maximum atomic E-state index is 13.1. The molecule has 1 fully saturated rings. The minimum Gasteiger partial charge on any atom is -0.354 e. The Morgan fingerprint density at radius 2 is 1.90 bits per heavy atom. The van der Waals surface area contributed by atoms with Crippen molar-refractivity contribution in [1.29, 1.82) is 0 Å². The van der Waals surface area contributed by atoms with Gasteiger partial charge in [0.25, 0.3) is 0 Å². The molecule has 30 heavy (non-hydrogen) atoms. The minimum absolute atomic E-state index is 0.115. The van der Waals surface area contributed by atoms with E-state index in [9.17, 15) is 4.79 Å². The number of anilines is 3. The summed E-state index contributed by atoms with van der Waals surface area (Å²) < 4.78 is 1.09. The second-order valence-electron chi connectivity index (χ2n) is 9.02. The van der Waals surface area contributed by atoms with Crippen LogP contribution >= 0.6 is 15.9 Å². The summed E-state index contributed by atoms with van der Waals surface area (Å²) in [4.78, 5) is 26.6. The van der Waals surface area contributed by atoms with E-state index in [1.165, 1.54) is 18.4 Å². The smallest absolute Gasteiger partial charge is 0.234 e. The van der Waals surface area contributed by atoms with Crippen LogP contribution in [0.3, 0.4) is 0 Å². The summed E-state index contributed by atoms with van der Waals surface area (Å²) in [7, 11) is 1.84. The Bertz CT molecular complexity index is 908. The first-order valence-corrected chi connectivity index (χ1v) is 11.5. The molecule has 0 radical (unpaired) electrons. The first kappa shape index (κ1) is 21.1. The molecule has 4 rings (SSSR count). The SMILES string of the molecule is CN1C(=O)C(C)(C)CN(C2CCCC2)c2nc(NCCc3ccc(Br)cc3)ncc21. The van der Waals surface area contributed by atoms with Crippen molar-refractivity contribution in [1.82, 2.24) is 9.97 Å². The van der Waals surface area contributed by atoms with Crippen molar-refractivity contribution in [2.75, 3.05) is 35.3 Å². The average molecular weight is 472 g/mol. The summed E-state index contributed by atoms with van der Waals surface area (Å²) in [6, 6.07) is 8.79. The number of nitrogens with one attached hydrogen (secondary N) is 1. The van der Waals surface area contributed by atoms with Crippen LogP contribution in [-0.2, 0) is 11.2 Å². The molecule has 1 aromatic heterocycles. The minimum atomic E-state index is -0.465.